The summed E-state index contributed by atoms with van der Waals surface area (Å²) in [4.78, 5) is 0.709. The van der Waals surface area contributed by atoms with Gasteiger partial charge in [-0.2, -0.15) is 13.2 Å². The highest BCUT2D eigenvalue weighted by Crippen LogP contribution is 2.43. The van der Waals surface area contributed by atoms with Crippen LogP contribution in [0.5, 0.6) is 0 Å². The summed E-state index contributed by atoms with van der Waals surface area (Å²) in [6.07, 6.45) is -4.48. The molecule has 3 aromatic rings. The summed E-state index contributed by atoms with van der Waals surface area (Å²) in [6.45, 7) is 0. The van der Waals surface area contributed by atoms with Crippen LogP contribution in [0, 0.1) is 0 Å². The van der Waals surface area contributed by atoms with Gasteiger partial charge >= 0.3 is 6.18 Å². The fourth-order valence-corrected chi connectivity index (χ4v) is 2.85. The van der Waals surface area contributed by atoms with Gasteiger partial charge in [-0.25, -0.2) is 0 Å². The summed E-state index contributed by atoms with van der Waals surface area (Å²) >= 11 is 1.36. The molecular formula is C14H9F3N2OS. The number of nitrogens with zero attached hydrogens (tertiary/aromatic N) is 1. The predicted octanol–water partition coefficient (Wildman–Crippen LogP) is 4.67. The second-order valence-electron chi connectivity index (χ2n) is 4.29. The van der Waals surface area contributed by atoms with Crippen LogP contribution in [-0.4, -0.2) is 5.16 Å². The first-order valence-corrected chi connectivity index (χ1v) is 6.82. The number of nitrogen functional groups attached to an aromatic ring is 1. The normalized spacial score (nSPS) is 11.8. The Morgan fingerprint density at radius 3 is 2.52 bits per heavy atom. The molecule has 0 saturated carbocycles. The van der Waals surface area contributed by atoms with Gasteiger partial charge < -0.3 is 10.3 Å². The average molecular weight is 310 g/mol. The van der Waals surface area contributed by atoms with E-state index in [1.165, 1.54) is 29.5 Å². The lowest BCUT2D eigenvalue weighted by Crippen LogP contribution is -2.06. The number of hydrogen-bond donors (Lipinski definition) is 1. The highest BCUT2D eigenvalue weighted by Gasteiger charge is 2.35. The number of rotatable bonds is 2. The van der Waals surface area contributed by atoms with Crippen molar-refractivity contribution in [1.82, 2.24) is 5.16 Å². The molecule has 21 heavy (non-hydrogen) atoms. The summed E-state index contributed by atoms with van der Waals surface area (Å²) in [7, 11) is 0. The highest BCUT2D eigenvalue weighted by atomic mass is 32.1. The largest absolute Gasteiger partial charge is 0.417 e. The van der Waals surface area contributed by atoms with Crippen molar-refractivity contribution in [3.8, 4) is 21.8 Å². The lowest BCUT2D eigenvalue weighted by Gasteiger charge is -2.11. The zero-order valence-corrected chi connectivity index (χ0v) is 11.3. The molecule has 0 aliphatic heterocycles. The molecule has 3 rings (SSSR count). The number of benzene rings is 1. The Kier molecular flexibility index (Phi) is 3.21. The second-order valence-corrected chi connectivity index (χ2v) is 5.24. The maximum Gasteiger partial charge on any atom is 0.417 e. The predicted molar refractivity (Wildman–Crippen MR) is 74.7 cm³/mol. The SMILES string of the molecule is Nc1noc(-c2ccccc2C(F)(F)F)c1-c1cccs1. The molecule has 3 nitrogen and oxygen atoms in total. The first-order valence-electron chi connectivity index (χ1n) is 5.94. The monoisotopic (exact) mass is 310 g/mol. The molecular weight excluding hydrogens is 301 g/mol. The average Bonchev–Trinajstić information content (AvgIpc) is 3.06. The Morgan fingerprint density at radius 1 is 1.10 bits per heavy atom. The van der Waals surface area contributed by atoms with Crippen LogP contribution >= 0.6 is 11.3 Å². The maximum absolute atomic E-state index is 13.1. The number of hydrogen-bond acceptors (Lipinski definition) is 4. The summed E-state index contributed by atoms with van der Waals surface area (Å²) in [5, 5.41) is 5.42. The maximum atomic E-state index is 13.1. The minimum absolute atomic E-state index is 0.0304. The van der Waals surface area contributed by atoms with E-state index in [9.17, 15) is 13.2 Å². The Morgan fingerprint density at radius 2 is 1.86 bits per heavy atom. The van der Waals surface area contributed by atoms with Crippen LogP contribution in [-0.2, 0) is 6.18 Å². The molecule has 7 heteroatoms. The van der Waals surface area contributed by atoms with Crippen molar-refractivity contribution >= 4 is 17.2 Å². The Bertz CT molecular complexity index is 763. The molecule has 0 atom stereocenters. The molecule has 0 spiro atoms. The molecule has 2 N–H and O–H groups in total. The minimum atomic E-state index is -4.48. The van der Waals surface area contributed by atoms with E-state index in [1.54, 1.807) is 17.5 Å². The molecule has 0 radical (unpaired) electrons. The van der Waals surface area contributed by atoms with E-state index < -0.39 is 11.7 Å². The summed E-state index contributed by atoms with van der Waals surface area (Å²) in [5.41, 5.74) is 5.29. The van der Waals surface area contributed by atoms with Crippen molar-refractivity contribution < 1.29 is 17.7 Å². The van der Waals surface area contributed by atoms with Gasteiger partial charge in [0.15, 0.2) is 11.6 Å². The number of thiophene rings is 1. The lowest BCUT2D eigenvalue weighted by atomic mass is 10.0. The van der Waals surface area contributed by atoms with Crippen LogP contribution in [0.15, 0.2) is 46.3 Å². The topological polar surface area (TPSA) is 52.0 Å². The highest BCUT2D eigenvalue weighted by molar-refractivity contribution is 7.13. The van der Waals surface area contributed by atoms with Gasteiger partial charge in [-0.15, -0.1) is 11.3 Å². The van der Waals surface area contributed by atoms with Crippen molar-refractivity contribution in [3.63, 3.8) is 0 Å². The molecule has 2 aromatic heterocycles. The van der Waals surface area contributed by atoms with E-state index in [0.29, 0.717) is 10.4 Å². The van der Waals surface area contributed by atoms with Gasteiger partial charge in [0, 0.05) is 10.4 Å². The number of alkyl halides is 3. The van der Waals surface area contributed by atoms with Crippen LogP contribution in [0.4, 0.5) is 19.0 Å². The second kappa shape index (κ2) is 4.92. The van der Waals surface area contributed by atoms with E-state index in [1.807, 2.05) is 0 Å². The first kappa shape index (κ1) is 13.7. The Balaban J connectivity index is 2.24. The van der Waals surface area contributed by atoms with E-state index >= 15 is 0 Å². The third-order valence-electron chi connectivity index (χ3n) is 2.96. The fourth-order valence-electron chi connectivity index (χ4n) is 2.07. The third kappa shape index (κ3) is 2.40. The molecule has 0 aliphatic rings. The zero-order valence-electron chi connectivity index (χ0n) is 10.5. The van der Waals surface area contributed by atoms with Gasteiger partial charge in [-0.05, 0) is 17.5 Å². The molecule has 0 unspecified atom stereocenters. The summed E-state index contributed by atoms with van der Waals surface area (Å²) in [5.74, 6) is 0.104. The van der Waals surface area contributed by atoms with Gasteiger partial charge in [-0.1, -0.05) is 29.4 Å². The molecule has 0 amide bonds. The molecule has 0 saturated heterocycles. The van der Waals surface area contributed by atoms with E-state index in [0.717, 1.165) is 6.07 Å². The number of halogens is 3. The van der Waals surface area contributed by atoms with Crippen LogP contribution < -0.4 is 5.73 Å². The minimum Gasteiger partial charge on any atom is -0.380 e. The van der Waals surface area contributed by atoms with Crippen LogP contribution in [0.1, 0.15) is 5.56 Å². The van der Waals surface area contributed by atoms with Crippen molar-refractivity contribution in [2.45, 2.75) is 6.18 Å². The molecule has 0 fully saturated rings. The fraction of sp³-hybridized carbons (Fsp3) is 0.0714. The smallest absolute Gasteiger partial charge is 0.380 e. The van der Waals surface area contributed by atoms with Crippen molar-refractivity contribution in [1.29, 1.82) is 0 Å². The molecule has 0 aliphatic carbocycles. The number of anilines is 1. The van der Waals surface area contributed by atoms with Gasteiger partial charge in [0.05, 0.1) is 11.1 Å². The molecule has 108 valence electrons. The van der Waals surface area contributed by atoms with Gasteiger partial charge in [-0.3, -0.25) is 0 Å². The molecule has 2 heterocycles. The van der Waals surface area contributed by atoms with E-state index in [2.05, 4.69) is 5.16 Å². The molecule has 0 bridgehead atoms. The third-order valence-corrected chi connectivity index (χ3v) is 3.85. The lowest BCUT2D eigenvalue weighted by molar-refractivity contribution is -0.137. The zero-order chi connectivity index (χ0) is 15.0. The first-order chi connectivity index (χ1) is 9.98. The quantitative estimate of drug-likeness (QED) is 0.748. The Labute approximate surface area is 121 Å². The van der Waals surface area contributed by atoms with Gasteiger partial charge in [0.1, 0.15) is 0 Å². The van der Waals surface area contributed by atoms with E-state index in [-0.39, 0.29) is 17.1 Å². The van der Waals surface area contributed by atoms with Gasteiger partial charge in [0.25, 0.3) is 0 Å². The Hall–Kier alpha value is -2.28. The standard InChI is InChI=1S/C14H9F3N2OS/c15-14(16,17)9-5-2-1-4-8(9)12-11(13(18)19-20-12)10-6-3-7-21-10/h1-7H,(H2,18,19). The summed E-state index contributed by atoms with van der Waals surface area (Å²) < 4.78 is 44.4. The van der Waals surface area contributed by atoms with Crippen LogP contribution in [0.3, 0.4) is 0 Å². The van der Waals surface area contributed by atoms with Crippen LogP contribution in [0.2, 0.25) is 0 Å². The van der Waals surface area contributed by atoms with Crippen molar-refractivity contribution in [3.05, 3.63) is 47.3 Å². The summed E-state index contributed by atoms with van der Waals surface area (Å²) in [6, 6.07) is 8.74. The number of nitrogens with two attached hydrogens (primary N) is 1. The van der Waals surface area contributed by atoms with Gasteiger partial charge in [0.2, 0.25) is 0 Å². The van der Waals surface area contributed by atoms with E-state index in [4.69, 9.17) is 10.3 Å². The van der Waals surface area contributed by atoms with Crippen molar-refractivity contribution in [2.75, 3.05) is 5.73 Å². The van der Waals surface area contributed by atoms with Crippen molar-refractivity contribution in [2.24, 2.45) is 0 Å². The molecule has 1 aromatic carbocycles. The number of aromatic nitrogens is 1. The van der Waals surface area contributed by atoms with Crippen LogP contribution in [0.25, 0.3) is 21.8 Å².